The summed E-state index contributed by atoms with van der Waals surface area (Å²) in [6.07, 6.45) is 55.2. The van der Waals surface area contributed by atoms with Crippen molar-refractivity contribution in [3.05, 3.63) is 12.2 Å². The third-order valence-electron chi connectivity index (χ3n) is 12.8. The van der Waals surface area contributed by atoms with Crippen LogP contribution in [0.3, 0.4) is 0 Å². The quantitative estimate of drug-likeness (QED) is 0.0199. The predicted molar refractivity (Wildman–Crippen MR) is 277 cm³/mol. The summed E-state index contributed by atoms with van der Waals surface area (Å²) in [6.45, 7) is 2.66. The molecule has 0 rings (SSSR count). The molecule has 0 saturated carbocycles. The SMILES string of the molecule is CCCCCCCC/C=C/CCCCCCCCCCCCCC(=O)NC(COP(=O)(O)OCC(O)COC(=O)CCCCCCCCCCCCCCCCCCCCCCCC)C(=O)O. The largest absolute Gasteiger partial charge is 0.480 e. The van der Waals surface area contributed by atoms with Crippen molar-refractivity contribution in [1.29, 1.82) is 0 Å². The number of hydrogen-bond acceptors (Lipinski definition) is 8. The van der Waals surface area contributed by atoms with Gasteiger partial charge in [0.15, 0.2) is 6.04 Å². The minimum Gasteiger partial charge on any atom is -0.480 e. The predicted octanol–water partition coefficient (Wildman–Crippen LogP) is 16.0. The number of aliphatic hydroxyl groups excluding tert-OH is 1. The Kier molecular flexibility index (Phi) is 49.3. The van der Waals surface area contributed by atoms with E-state index in [2.05, 4.69) is 31.3 Å². The second-order valence-corrected chi connectivity index (χ2v) is 20.9. The topological polar surface area (TPSA) is 169 Å². The second kappa shape index (κ2) is 50.6. The first-order valence-electron chi connectivity index (χ1n) is 28.2. The maximum absolute atomic E-state index is 12.4. The van der Waals surface area contributed by atoms with Gasteiger partial charge in [0.2, 0.25) is 5.91 Å². The molecule has 396 valence electrons. The van der Waals surface area contributed by atoms with Gasteiger partial charge in [-0.2, -0.15) is 0 Å². The van der Waals surface area contributed by atoms with Gasteiger partial charge in [0, 0.05) is 12.8 Å². The molecule has 11 nitrogen and oxygen atoms in total. The highest BCUT2D eigenvalue weighted by Crippen LogP contribution is 2.43. The summed E-state index contributed by atoms with van der Waals surface area (Å²) in [5.41, 5.74) is 0. The average molecular weight is 972 g/mol. The average Bonchev–Trinajstić information content (AvgIpc) is 3.31. The number of phosphoric acid groups is 1. The maximum Gasteiger partial charge on any atom is 0.472 e. The van der Waals surface area contributed by atoms with Crippen molar-refractivity contribution in [2.24, 2.45) is 0 Å². The molecular formula is C55H106NO10P. The number of carbonyl (C=O) groups excluding carboxylic acids is 2. The van der Waals surface area contributed by atoms with E-state index < -0.39 is 57.6 Å². The van der Waals surface area contributed by atoms with Gasteiger partial charge in [-0.3, -0.25) is 18.6 Å². The van der Waals surface area contributed by atoms with E-state index in [1.165, 1.54) is 212 Å². The highest BCUT2D eigenvalue weighted by Gasteiger charge is 2.28. The summed E-state index contributed by atoms with van der Waals surface area (Å²) in [5, 5.41) is 22.0. The zero-order chi connectivity index (χ0) is 49.2. The summed E-state index contributed by atoms with van der Waals surface area (Å²) < 4.78 is 27.0. The number of amides is 1. The summed E-state index contributed by atoms with van der Waals surface area (Å²) in [7, 11) is -4.76. The van der Waals surface area contributed by atoms with Crippen LogP contribution in [0, 0.1) is 0 Å². The molecule has 0 bridgehead atoms. The van der Waals surface area contributed by atoms with E-state index in [1.54, 1.807) is 0 Å². The van der Waals surface area contributed by atoms with Crippen LogP contribution >= 0.6 is 7.82 Å². The number of hydrogen-bond donors (Lipinski definition) is 4. The van der Waals surface area contributed by atoms with E-state index in [0.717, 1.165) is 38.5 Å². The molecule has 0 radical (unpaired) electrons. The lowest BCUT2D eigenvalue weighted by molar-refractivity contribution is -0.147. The van der Waals surface area contributed by atoms with E-state index >= 15 is 0 Å². The molecule has 12 heteroatoms. The second-order valence-electron chi connectivity index (χ2n) is 19.5. The van der Waals surface area contributed by atoms with Crippen LogP contribution < -0.4 is 5.32 Å². The molecule has 0 aromatic carbocycles. The Labute approximate surface area is 411 Å². The van der Waals surface area contributed by atoms with Crippen LogP contribution in [-0.2, 0) is 32.7 Å². The van der Waals surface area contributed by atoms with Crippen LogP contribution in [0.4, 0.5) is 0 Å². The third kappa shape index (κ3) is 50.4. The Bertz CT molecular complexity index is 1190. The van der Waals surface area contributed by atoms with E-state index in [9.17, 15) is 34.1 Å². The van der Waals surface area contributed by atoms with Crippen molar-refractivity contribution >= 4 is 25.7 Å². The van der Waals surface area contributed by atoms with Gasteiger partial charge in [0.1, 0.15) is 12.7 Å². The first kappa shape index (κ1) is 65.2. The van der Waals surface area contributed by atoms with Gasteiger partial charge < -0.3 is 25.2 Å². The van der Waals surface area contributed by atoms with Crippen molar-refractivity contribution in [3.8, 4) is 0 Å². The number of carboxylic acids is 1. The molecule has 0 fully saturated rings. The number of nitrogens with one attached hydrogen (secondary N) is 1. The third-order valence-corrected chi connectivity index (χ3v) is 13.8. The number of esters is 1. The van der Waals surface area contributed by atoms with E-state index in [0.29, 0.717) is 12.8 Å². The molecule has 3 atom stereocenters. The van der Waals surface area contributed by atoms with Crippen LogP contribution in [0.5, 0.6) is 0 Å². The van der Waals surface area contributed by atoms with Crippen molar-refractivity contribution in [1.82, 2.24) is 5.32 Å². The monoisotopic (exact) mass is 972 g/mol. The normalized spacial score (nSPS) is 13.5. The van der Waals surface area contributed by atoms with Gasteiger partial charge in [-0.05, 0) is 38.5 Å². The minimum atomic E-state index is -4.76. The maximum atomic E-state index is 12.4. The van der Waals surface area contributed by atoms with Gasteiger partial charge in [0.05, 0.1) is 13.2 Å². The number of carboxylic acid groups (broad SMARTS) is 1. The van der Waals surface area contributed by atoms with Crippen LogP contribution in [0.15, 0.2) is 12.2 Å². The van der Waals surface area contributed by atoms with E-state index in [4.69, 9.17) is 13.8 Å². The number of aliphatic carboxylic acids is 1. The first-order valence-corrected chi connectivity index (χ1v) is 29.7. The van der Waals surface area contributed by atoms with Gasteiger partial charge in [-0.1, -0.05) is 251 Å². The summed E-state index contributed by atoms with van der Waals surface area (Å²) in [5.74, 6) is -2.35. The number of rotatable bonds is 54. The Morgan fingerprint density at radius 3 is 1.13 bits per heavy atom. The summed E-state index contributed by atoms with van der Waals surface area (Å²) in [4.78, 5) is 46.2. The lowest BCUT2D eigenvalue weighted by atomic mass is 10.0. The van der Waals surface area contributed by atoms with E-state index in [-0.39, 0.29) is 12.8 Å². The molecule has 0 aliphatic rings. The molecule has 0 aromatic rings. The smallest absolute Gasteiger partial charge is 0.472 e. The van der Waals surface area contributed by atoms with Crippen LogP contribution in [0.25, 0.3) is 0 Å². The van der Waals surface area contributed by atoms with Gasteiger partial charge in [0.25, 0.3) is 0 Å². The first-order chi connectivity index (χ1) is 32.6. The number of phosphoric ester groups is 1. The molecule has 0 saturated heterocycles. The highest BCUT2D eigenvalue weighted by atomic mass is 31.2. The van der Waals surface area contributed by atoms with Crippen LogP contribution in [0.1, 0.15) is 290 Å². The molecule has 1 amide bonds. The fourth-order valence-electron chi connectivity index (χ4n) is 8.43. The molecule has 4 N–H and O–H groups in total. The van der Waals surface area contributed by atoms with Crippen LogP contribution in [-0.4, -0.2) is 64.9 Å². The molecule has 0 aliphatic carbocycles. The van der Waals surface area contributed by atoms with Crippen molar-refractivity contribution < 1.29 is 47.8 Å². The molecule has 0 spiro atoms. The molecule has 3 unspecified atom stereocenters. The summed E-state index contributed by atoms with van der Waals surface area (Å²) >= 11 is 0. The van der Waals surface area contributed by atoms with Crippen molar-refractivity contribution in [2.75, 3.05) is 19.8 Å². The molecule has 0 heterocycles. The Morgan fingerprint density at radius 2 is 0.776 bits per heavy atom. The van der Waals surface area contributed by atoms with Gasteiger partial charge in [-0.25, -0.2) is 9.36 Å². The number of aliphatic hydroxyl groups is 1. The zero-order valence-corrected chi connectivity index (χ0v) is 44.4. The van der Waals surface area contributed by atoms with E-state index in [1.807, 2.05) is 0 Å². The minimum absolute atomic E-state index is 0.149. The fraction of sp³-hybridized carbons (Fsp3) is 0.909. The lowest BCUT2D eigenvalue weighted by Gasteiger charge is -2.18. The van der Waals surface area contributed by atoms with Gasteiger partial charge >= 0.3 is 19.8 Å². The lowest BCUT2D eigenvalue weighted by Crippen LogP contribution is -2.43. The standard InChI is InChI=1S/C55H106NO10P/c1-3-5-7-9-11-13-15-17-19-21-23-25-27-29-31-33-35-37-39-41-43-45-47-54(59)64-48-51(57)49-65-67(62,63)66-50-52(55(60)61)56-53(58)46-44-42-40-38-36-34-32-30-28-26-24-22-20-18-16-14-12-10-8-6-4-2/h18,20,51-52,57H,3-17,19,21-50H2,1-2H3,(H,56,58)(H,60,61)(H,62,63)/b20-18+. The number of unbranched alkanes of at least 4 members (excludes halogenated alkanes) is 38. The van der Waals surface area contributed by atoms with Crippen LogP contribution in [0.2, 0.25) is 0 Å². The number of allylic oxidation sites excluding steroid dienone is 2. The van der Waals surface area contributed by atoms with Crippen molar-refractivity contribution in [2.45, 2.75) is 302 Å². The number of ether oxygens (including phenoxy) is 1. The van der Waals surface area contributed by atoms with Crippen molar-refractivity contribution in [3.63, 3.8) is 0 Å². The molecule has 0 aromatic heterocycles. The summed E-state index contributed by atoms with van der Waals surface area (Å²) in [6, 6.07) is -1.54. The number of carbonyl (C=O) groups is 3. The fourth-order valence-corrected chi connectivity index (χ4v) is 9.20. The Balaban J connectivity index is 3.75. The Hall–Kier alpha value is -1.78. The molecular weight excluding hydrogens is 866 g/mol. The molecule has 0 aliphatic heterocycles. The highest BCUT2D eigenvalue weighted by molar-refractivity contribution is 7.47. The zero-order valence-electron chi connectivity index (χ0n) is 43.5. The van der Waals surface area contributed by atoms with Gasteiger partial charge in [-0.15, -0.1) is 0 Å². The Morgan fingerprint density at radius 1 is 0.463 bits per heavy atom. The molecule has 67 heavy (non-hydrogen) atoms.